The molecule has 3 aromatic rings. The van der Waals surface area contributed by atoms with Gasteiger partial charge in [0.15, 0.2) is 0 Å². The molecule has 0 bridgehead atoms. The number of hydrogen-bond donors (Lipinski definition) is 1. The Morgan fingerprint density at radius 3 is 2.67 bits per heavy atom. The van der Waals surface area contributed by atoms with Gasteiger partial charge in [0.25, 0.3) is 5.56 Å². The van der Waals surface area contributed by atoms with Gasteiger partial charge in [0, 0.05) is 36.3 Å². The zero-order valence-electron chi connectivity index (χ0n) is 14.7. The first-order valence-corrected chi connectivity index (χ1v) is 8.78. The number of carbonyl (C=O) groups excluding carboxylic acids is 1. The van der Waals surface area contributed by atoms with Gasteiger partial charge in [0.1, 0.15) is 5.82 Å². The second-order valence-electron chi connectivity index (χ2n) is 6.23. The van der Waals surface area contributed by atoms with Gasteiger partial charge in [-0.15, -0.1) is 0 Å². The Balaban J connectivity index is 1.90. The van der Waals surface area contributed by atoms with Crippen molar-refractivity contribution in [3.63, 3.8) is 0 Å². The van der Waals surface area contributed by atoms with Gasteiger partial charge < -0.3 is 9.88 Å². The lowest BCUT2D eigenvalue weighted by Crippen LogP contribution is -2.20. The Morgan fingerprint density at radius 1 is 1.11 bits per heavy atom. The van der Waals surface area contributed by atoms with Crippen molar-refractivity contribution in [1.29, 1.82) is 0 Å². The minimum atomic E-state index is -0.447. The highest BCUT2D eigenvalue weighted by molar-refractivity contribution is 6.30. The van der Waals surface area contributed by atoms with Crippen LogP contribution in [0, 0.1) is 5.82 Å². The minimum absolute atomic E-state index is 0.0982. The Labute approximate surface area is 161 Å². The van der Waals surface area contributed by atoms with E-state index in [2.05, 4.69) is 5.32 Å². The number of pyridine rings is 1. The molecular formula is C21H18ClFN2O2. The summed E-state index contributed by atoms with van der Waals surface area (Å²) in [4.78, 5) is 23.3. The average molecular weight is 385 g/mol. The lowest BCUT2D eigenvalue weighted by Gasteiger charge is -2.11. The maximum Gasteiger partial charge on any atom is 0.250 e. The highest BCUT2D eigenvalue weighted by atomic mass is 35.5. The van der Waals surface area contributed by atoms with E-state index in [-0.39, 0.29) is 18.0 Å². The fourth-order valence-corrected chi connectivity index (χ4v) is 2.91. The summed E-state index contributed by atoms with van der Waals surface area (Å²) in [5.74, 6) is -0.545. The molecule has 1 N–H and O–H groups in total. The van der Waals surface area contributed by atoms with Gasteiger partial charge in [-0.05, 0) is 41.0 Å². The number of amides is 1. The fourth-order valence-electron chi connectivity index (χ4n) is 2.75. The lowest BCUT2D eigenvalue weighted by atomic mass is 10.0. The lowest BCUT2D eigenvalue weighted by molar-refractivity contribution is -0.119. The van der Waals surface area contributed by atoms with E-state index in [1.165, 1.54) is 23.6 Å². The second kappa shape index (κ2) is 8.18. The Bertz CT molecular complexity index is 1050. The summed E-state index contributed by atoms with van der Waals surface area (Å²) in [6.45, 7) is 2.01. The SMILES string of the molecule is CC(=O)NCc1cccc(-c2ccc(=O)n(Cc3ccc(Cl)cc3F)c2)c1. The molecule has 0 saturated carbocycles. The normalized spacial score (nSPS) is 10.6. The van der Waals surface area contributed by atoms with Crippen molar-refractivity contribution in [3.05, 3.63) is 93.1 Å². The molecule has 6 heteroatoms. The molecule has 0 aliphatic rings. The van der Waals surface area contributed by atoms with Gasteiger partial charge in [0.2, 0.25) is 5.91 Å². The van der Waals surface area contributed by atoms with Gasteiger partial charge >= 0.3 is 0 Å². The number of nitrogens with one attached hydrogen (secondary N) is 1. The van der Waals surface area contributed by atoms with Crippen LogP contribution in [0.2, 0.25) is 5.02 Å². The van der Waals surface area contributed by atoms with E-state index < -0.39 is 5.82 Å². The zero-order chi connectivity index (χ0) is 19.4. The van der Waals surface area contributed by atoms with Crippen LogP contribution in [0.3, 0.4) is 0 Å². The number of halogens is 2. The average Bonchev–Trinajstić information content (AvgIpc) is 2.64. The quantitative estimate of drug-likeness (QED) is 0.723. The fraction of sp³-hybridized carbons (Fsp3) is 0.143. The summed E-state index contributed by atoms with van der Waals surface area (Å²) in [5.41, 5.74) is 2.85. The van der Waals surface area contributed by atoms with E-state index in [0.29, 0.717) is 17.1 Å². The molecule has 0 aliphatic heterocycles. The minimum Gasteiger partial charge on any atom is -0.352 e. The molecule has 0 atom stereocenters. The monoisotopic (exact) mass is 384 g/mol. The molecule has 0 unspecified atom stereocenters. The van der Waals surface area contributed by atoms with Gasteiger partial charge in [-0.2, -0.15) is 0 Å². The van der Waals surface area contributed by atoms with Crippen molar-refractivity contribution >= 4 is 17.5 Å². The summed E-state index contributed by atoms with van der Waals surface area (Å²) in [6, 6.07) is 15.3. The van der Waals surface area contributed by atoms with Crippen LogP contribution < -0.4 is 10.9 Å². The van der Waals surface area contributed by atoms with Gasteiger partial charge in [-0.25, -0.2) is 4.39 Å². The Kier molecular flexibility index (Phi) is 5.72. The van der Waals surface area contributed by atoms with E-state index >= 15 is 0 Å². The van der Waals surface area contributed by atoms with E-state index in [9.17, 15) is 14.0 Å². The number of aromatic nitrogens is 1. The Morgan fingerprint density at radius 2 is 1.93 bits per heavy atom. The standard InChI is InChI=1S/C21H18ClFN2O2/c1-14(26)24-11-15-3-2-4-16(9-15)17-6-8-21(27)25(12-17)13-18-5-7-19(22)10-20(18)23/h2-10,12H,11,13H2,1H3,(H,24,26). The molecule has 0 spiro atoms. The van der Waals surface area contributed by atoms with Gasteiger partial charge in [-0.1, -0.05) is 35.9 Å². The first-order valence-electron chi connectivity index (χ1n) is 8.40. The van der Waals surface area contributed by atoms with E-state index in [1.807, 2.05) is 24.3 Å². The van der Waals surface area contributed by atoms with Crippen molar-refractivity contribution in [2.75, 3.05) is 0 Å². The first kappa shape index (κ1) is 18.9. The molecular weight excluding hydrogens is 367 g/mol. The van der Waals surface area contributed by atoms with Crippen molar-refractivity contribution in [2.45, 2.75) is 20.0 Å². The first-order chi connectivity index (χ1) is 12.9. The van der Waals surface area contributed by atoms with Crippen LogP contribution in [-0.4, -0.2) is 10.5 Å². The molecule has 0 radical (unpaired) electrons. The molecule has 2 aromatic carbocycles. The topological polar surface area (TPSA) is 51.1 Å². The molecule has 0 fully saturated rings. The van der Waals surface area contributed by atoms with Crippen molar-refractivity contribution in [1.82, 2.24) is 9.88 Å². The number of carbonyl (C=O) groups is 1. The number of hydrogen-bond acceptors (Lipinski definition) is 2. The summed E-state index contributed by atoms with van der Waals surface area (Å²) in [5, 5.41) is 3.07. The third-order valence-electron chi connectivity index (χ3n) is 4.14. The summed E-state index contributed by atoms with van der Waals surface area (Å²) in [6.07, 6.45) is 1.70. The number of benzene rings is 2. The van der Waals surface area contributed by atoms with E-state index in [4.69, 9.17) is 11.6 Å². The number of nitrogens with zero attached hydrogens (tertiary/aromatic N) is 1. The second-order valence-corrected chi connectivity index (χ2v) is 6.67. The molecule has 1 heterocycles. The van der Waals surface area contributed by atoms with Crippen LogP contribution in [0.1, 0.15) is 18.1 Å². The van der Waals surface area contributed by atoms with Crippen molar-refractivity contribution < 1.29 is 9.18 Å². The molecule has 4 nitrogen and oxygen atoms in total. The smallest absolute Gasteiger partial charge is 0.250 e. The van der Waals surface area contributed by atoms with E-state index in [0.717, 1.165) is 16.7 Å². The van der Waals surface area contributed by atoms with E-state index in [1.54, 1.807) is 24.4 Å². The summed E-state index contributed by atoms with van der Waals surface area (Å²) < 4.78 is 15.5. The van der Waals surface area contributed by atoms with Gasteiger partial charge in [-0.3, -0.25) is 9.59 Å². The summed E-state index contributed by atoms with van der Waals surface area (Å²) in [7, 11) is 0. The van der Waals surface area contributed by atoms with Crippen LogP contribution in [0.15, 0.2) is 65.6 Å². The molecule has 138 valence electrons. The maximum atomic E-state index is 14.1. The van der Waals surface area contributed by atoms with Crippen LogP contribution >= 0.6 is 11.6 Å². The molecule has 27 heavy (non-hydrogen) atoms. The predicted octanol–water partition coefficient (Wildman–Crippen LogP) is 3.99. The molecule has 1 aromatic heterocycles. The predicted molar refractivity (Wildman–Crippen MR) is 104 cm³/mol. The highest BCUT2D eigenvalue weighted by Gasteiger charge is 2.07. The molecule has 3 rings (SSSR count). The van der Waals surface area contributed by atoms with Crippen LogP contribution in [0.25, 0.3) is 11.1 Å². The number of rotatable bonds is 5. The van der Waals surface area contributed by atoms with Crippen LogP contribution in [-0.2, 0) is 17.9 Å². The molecule has 1 amide bonds. The maximum absolute atomic E-state index is 14.1. The van der Waals surface area contributed by atoms with Crippen LogP contribution in [0.5, 0.6) is 0 Å². The van der Waals surface area contributed by atoms with Gasteiger partial charge in [0.05, 0.1) is 6.54 Å². The third-order valence-corrected chi connectivity index (χ3v) is 4.38. The molecule has 0 saturated heterocycles. The Hall–Kier alpha value is -2.92. The largest absolute Gasteiger partial charge is 0.352 e. The molecule has 0 aliphatic carbocycles. The third kappa shape index (κ3) is 4.83. The highest BCUT2D eigenvalue weighted by Crippen LogP contribution is 2.20. The summed E-state index contributed by atoms with van der Waals surface area (Å²) >= 11 is 5.78. The van der Waals surface area contributed by atoms with Crippen molar-refractivity contribution in [3.8, 4) is 11.1 Å². The van der Waals surface area contributed by atoms with Crippen molar-refractivity contribution in [2.24, 2.45) is 0 Å². The zero-order valence-corrected chi connectivity index (χ0v) is 15.5. The van der Waals surface area contributed by atoms with Crippen LogP contribution in [0.4, 0.5) is 4.39 Å².